The smallest absolute Gasteiger partial charge is 0.0739 e. The normalized spacial score (nSPS) is 23.3. The summed E-state index contributed by atoms with van der Waals surface area (Å²) in [4.78, 5) is 2.51. The quantitative estimate of drug-likeness (QED) is 0.930. The van der Waals surface area contributed by atoms with Crippen LogP contribution in [0.5, 0.6) is 0 Å². The van der Waals surface area contributed by atoms with E-state index >= 15 is 0 Å². The number of aromatic nitrogens is 2. The topological polar surface area (TPSA) is 47.1 Å². The lowest BCUT2D eigenvalue weighted by atomic mass is 9.97. The van der Waals surface area contributed by atoms with Gasteiger partial charge in [-0.05, 0) is 49.2 Å². The molecule has 0 bridgehead atoms. The van der Waals surface area contributed by atoms with Gasteiger partial charge in [0.2, 0.25) is 0 Å². The first-order chi connectivity index (χ1) is 8.50. The van der Waals surface area contributed by atoms with Crippen LogP contribution in [0.3, 0.4) is 0 Å². The Hall–Kier alpha value is -0.390. The van der Waals surface area contributed by atoms with Crippen LogP contribution in [-0.4, -0.2) is 33.3 Å². The fourth-order valence-corrected chi connectivity index (χ4v) is 3.31. The van der Waals surface area contributed by atoms with E-state index in [2.05, 4.69) is 32.9 Å². The molecule has 2 rings (SSSR count). The number of halogens is 1. The van der Waals surface area contributed by atoms with Crippen molar-refractivity contribution in [2.24, 2.45) is 12.8 Å². The molecule has 2 N–H and O–H groups in total. The van der Waals surface area contributed by atoms with E-state index in [0.717, 1.165) is 23.3 Å². The molecule has 1 aliphatic rings. The summed E-state index contributed by atoms with van der Waals surface area (Å²) in [7, 11) is 2.01. The van der Waals surface area contributed by atoms with Crippen molar-refractivity contribution in [2.75, 3.05) is 6.54 Å². The Morgan fingerprint density at radius 2 is 2.22 bits per heavy atom. The van der Waals surface area contributed by atoms with Crippen LogP contribution in [-0.2, 0) is 13.6 Å². The number of aryl methyl sites for hydroxylation is 2. The molecule has 2 atom stereocenters. The van der Waals surface area contributed by atoms with Crippen molar-refractivity contribution in [1.29, 1.82) is 0 Å². The zero-order valence-electron chi connectivity index (χ0n) is 11.5. The molecule has 18 heavy (non-hydrogen) atoms. The molecule has 0 radical (unpaired) electrons. The second kappa shape index (κ2) is 5.72. The summed E-state index contributed by atoms with van der Waals surface area (Å²) in [6.45, 7) is 6.23. The van der Waals surface area contributed by atoms with Crippen molar-refractivity contribution in [2.45, 2.75) is 51.7 Å². The van der Waals surface area contributed by atoms with Gasteiger partial charge < -0.3 is 5.73 Å². The Kier molecular flexibility index (Phi) is 4.45. The molecule has 4 nitrogen and oxygen atoms in total. The summed E-state index contributed by atoms with van der Waals surface area (Å²) in [5.74, 6) is 0. The minimum Gasteiger partial charge on any atom is -0.327 e. The first kappa shape index (κ1) is 14.0. The summed E-state index contributed by atoms with van der Waals surface area (Å²) in [6.07, 6.45) is 3.79. The summed E-state index contributed by atoms with van der Waals surface area (Å²) in [5, 5.41) is 4.46. The van der Waals surface area contributed by atoms with Crippen LogP contribution >= 0.6 is 15.9 Å². The van der Waals surface area contributed by atoms with Crippen molar-refractivity contribution < 1.29 is 0 Å². The summed E-state index contributed by atoms with van der Waals surface area (Å²) in [5.41, 5.74) is 8.42. The number of nitrogens with two attached hydrogens (primary N) is 1. The molecule has 0 saturated carbocycles. The lowest BCUT2D eigenvalue weighted by Gasteiger charge is -2.38. The van der Waals surface area contributed by atoms with Gasteiger partial charge in [0.15, 0.2) is 0 Å². The predicted octanol–water partition coefficient (Wildman–Crippen LogP) is 2.19. The van der Waals surface area contributed by atoms with Gasteiger partial charge in [0.05, 0.1) is 15.9 Å². The number of hydrogen-bond acceptors (Lipinski definition) is 3. The van der Waals surface area contributed by atoms with Crippen LogP contribution < -0.4 is 5.73 Å². The molecule has 1 aliphatic heterocycles. The average Bonchev–Trinajstić information content (AvgIpc) is 2.56. The molecule has 1 saturated heterocycles. The van der Waals surface area contributed by atoms with Crippen molar-refractivity contribution in [3.63, 3.8) is 0 Å². The Morgan fingerprint density at radius 3 is 2.78 bits per heavy atom. The molecule has 2 unspecified atom stereocenters. The van der Waals surface area contributed by atoms with Gasteiger partial charge in [0.25, 0.3) is 0 Å². The lowest BCUT2D eigenvalue weighted by Crippen LogP contribution is -2.48. The molecule has 5 heteroatoms. The predicted molar refractivity (Wildman–Crippen MR) is 77.3 cm³/mol. The van der Waals surface area contributed by atoms with E-state index in [1.54, 1.807) is 0 Å². The van der Waals surface area contributed by atoms with Crippen LogP contribution in [0.25, 0.3) is 0 Å². The SMILES string of the molecule is Cc1nn(C)c(CN2CCCCC2C(C)N)c1Br. The summed E-state index contributed by atoms with van der Waals surface area (Å²) < 4.78 is 3.12. The van der Waals surface area contributed by atoms with E-state index in [9.17, 15) is 0 Å². The first-order valence-electron chi connectivity index (χ1n) is 6.68. The molecule has 0 aliphatic carbocycles. The van der Waals surface area contributed by atoms with Crippen LogP contribution in [0.1, 0.15) is 37.6 Å². The number of piperidine rings is 1. The Balaban J connectivity index is 2.16. The number of nitrogens with zero attached hydrogens (tertiary/aromatic N) is 3. The van der Waals surface area contributed by atoms with Gasteiger partial charge in [-0.3, -0.25) is 9.58 Å². The standard InChI is InChI=1S/C13H23BrN4/c1-9(15)11-6-4-5-7-18(11)8-12-13(14)10(2)16-17(12)3/h9,11H,4-8,15H2,1-3H3. The third-order valence-corrected chi connectivity index (χ3v) is 4.92. The molecular weight excluding hydrogens is 292 g/mol. The van der Waals surface area contributed by atoms with Crippen LogP contribution in [0.4, 0.5) is 0 Å². The highest BCUT2D eigenvalue weighted by Crippen LogP contribution is 2.26. The molecule has 1 fully saturated rings. The fraction of sp³-hybridized carbons (Fsp3) is 0.769. The van der Waals surface area contributed by atoms with Gasteiger partial charge in [-0.25, -0.2) is 0 Å². The number of likely N-dealkylation sites (tertiary alicyclic amines) is 1. The second-order valence-electron chi connectivity index (χ2n) is 5.36. The third kappa shape index (κ3) is 2.78. The van der Waals surface area contributed by atoms with E-state index < -0.39 is 0 Å². The zero-order valence-corrected chi connectivity index (χ0v) is 13.1. The van der Waals surface area contributed by atoms with E-state index in [0.29, 0.717) is 6.04 Å². The van der Waals surface area contributed by atoms with Gasteiger partial charge in [0, 0.05) is 25.7 Å². The van der Waals surface area contributed by atoms with E-state index in [-0.39, 0.29) is 6.04 Å². The zero-order chi connectivity index (χ0) is 13.3. The Labute approximate surface area is 118 Å². The maximum absolute atomic E-state index is 6.12. The third-order valence-electron chi connectivity index (χ3n) is 3.89. The minimum atomic E-state index is 0.235. The maximum Gasteiger partial charge on any atom is 0.0739 e. The molecule has 102 valence electrons. The van der Waals surface area contributed by atoms with Gasteiger partial charge in [0.1, 0.15) is 0 Å². The number of hydrogen-bond donors (Lipinski definition) is 1. The van der Waals surface area contributed by atoms with E-state index in [4.69, 9.17) is 5.73 Å². The maximum atomic E-state index is 6.12. The van der Waals surface area contributed by atoms with Crippen LogP contribution in [0.2, 0.25) is 0 Å². The lowest BCUT2D eigenvalue weighted by molar-refractivity contribution is 0.119. The Bertz CT molecular complexity index is 413. The molecule has 1 aromatic heterocycles. The largest absolute Gasteiger partial charge is 0.327 e. The first-order valence-corrected chi connectivity index (χ1v) is 7.47. The van der Waals surface area contributed by atoms with E-state index in [1.165, 1.54) is 25.0 Å². The molecule has 1 aromatic rings. The van der Waals surface area contributed by atoms with Gasteiger partial charge in [-0.1, -0.05) is 6.42 Å². The second-order valence-corrected chi connectivity index (χ2v) is 6.16. The fourth-order valence-electron chi connectivity index (χ4n) is 2.85. The van der Waals surface area contributed by atoms with Gasteiger partial charge in [-0.15, -0.1) is 0 Å². The van der Waals surface area contributed by atoms with Gasteiger partial charge in [-0.2, -0.15) is 5.10 Å². The van der Waals surface area contributed by atoms with Crippen molar-refractivity contribution >= 4 is 15.9 Å². The molecule has 0 aromatic carbocycles. The van der Waals surface area contributed by atoms with Crippen molar-refractivity contribution in [3.8, 4) is 0 Å². The highest BCUT2D eigenvalue weighted by Gasteiger charge is 2.27. The summed E-state index contributed by atoms with van der Waals surface area (Å²) >= 11 is 3.64. The molecule has 2 heterocycles. The van der Waals surface area contributed by atoms with Crippen molar-refractivity contribution in [3.05, 3.63) is 15.9 Å². The molecular formula is C13H23BrN4. The highest BCUT2D eigenvalue weighted by atomic mass is 79.9. The van der Waals surface area contributed by atoms with Gasteiger partial charge >= 0.3 is 0 Å². The Morgan fingerprint density at radius 1 is 1.50 bits per heavy atom. The monoisotopic (exact) mass is 314 g/mol. The minimum absolute atomic E-state index is 0.235. The van der Waals surface area contributed by atoms with Crippen LogP contribution in [0, 0.1) is 6.92 Å². The molecule has 0 amide bonds. The average molecular weight is 315 g/mol. The van der Waals surface area contributed by atoms with E-state index in [1.807, 2.05) is 18.7 Å². The molecule has 0 spiro atoms. The summed E-state index contributed by atoms with van der Waals surface area (Å²) in [6, 6.07) is 0.735. The van der Waals surface area contributed by atoms with Crippen LogP contribution in [0.15, 0.2) is 4.47 Å². The van der Waals surface area contributed by atoms with Crippen molar-refractivity contribution in [1.82, 2.24) is 14.7 Å². The highest BCUT2D eigenvalue weighted by molar-refractivity contribution is 9.10. The number of rotatable bonds is 3.